The molecule has 7 nitrogen and oxygen atoms in total. The van der Waals surface area contributed by atoms with Crippen molar-refractivity contribution in [2.45, 2.75) is 6.42 Å². The Morgan fingerprint density at radius 1 is 0.630 bits per heavy atom. The fraction of sp³-hybridized carbons (Fsp3) is 0.700. The summed E-state index contributed by atoms with van der Waals surface area (Å²) in [7, 11) is 0. The Kier molecular flexibility index (Phi) is 12.1. The lowest BCUT2D eigenvalue weighted by molar-refractivity contribution is -0.0116. The molecule has 0 bridgehead atoms. The first-order valence-corrected chi connectivity index (χ1v) is 9.83. The smallest absolute Gasteiger partial charge is 0.0701 e. The van der Waals surface area contributed by atoms with Gasteiger partial charge >= 0.3 is 0 Å². The molecule has 1 heterocycles. The minimum atomic E-state index is 0.577. The molecule has 2 rings (SSSR count). The quantitative estimate of drug-likeness (QED) is 0.839. The van der Waals surface area contributed by atoms with E-state index in [0.29, 0.717) is 72.6 Å². The van der Waals surface area contributed by atoms with Gasteiger partial charge in [-0.15, -0.1) is 0 Å². The van der Waals surface area contributed by atoms with E-state index in [4.69, 9.17) is 29.4 Å². The second kappa shape index (κ2) is 14.8. The van der Waals surface area contributed by atoms with Crippen LogP contribution in [0.4, 0.5) is 5.69 Å². The average Bonchev–Trinajstić information content (AvgIpc) is 2.69. The summed E-state index contributed by atoms with van der Waals surface area (Å²) in [6.07, 6.45) is 0.900. The maximum absolute atomic E-state index is 5.71. The third-order valence-corrected chi connectivity index (χ3v) is 4.23. The average molecular weight is 383 g/mol. The molecular weight excluding hydrogens is 348 g/mol. The van der Waals surface area contributed by atoms with Crippen molar-refractivity contribution in [3.8, 4) is 0 Å². The van der Waals surface area contributed by atoms with Gasteiger partial charge in [-0.2, -0.15) is 0 Å². The Balaban J connectivity index is 1.83. The molecule has 1 aliphatic rings. The van der Waals surface area contributed by atoms with Gasteiger partial charge in [0, 0.05) is 18.8 Å². The van der Waals surface area contributed by atoms with Gasteiger partial charge in [-0.3, -0.25) is 0 Å². The molecule has 0 radical (unpaired) electrons. The van der Waals surface area contributed by atoms with E-state index >= 15 is 0 Å². The van der Waals surface area contributed by atoms with Gasteiger partial charge in [-0.1, -0.05) is 12.1 Å². The van der Waals surface area contributed by atoms with E-state index in [1.807, 2.05) is 0 Å². The van der Waals surface area contributed by atoms with Gasteiger partial charge in [0.15, 0.2) is 0 Å². The van der Waals surface area contributed by atoms with Crippen LogP contribution in [0.2, 0.25) is 0 Å². The molecule has 2 N–H and O–H groups in total. The monoisotopic (exact) mass is 382 g/mol. The number of anilines is 1. The number of rotatable bonds is 3. The lowest BCUT2D eigenvalue weighted by Gasteiger charge is -2.25. The predicted molar refractivity (Wildman–Crippen MR) is 106 cm³/mol. The van der Waals surface area contributed by atoms with E-state index in [0.717, 1.165) is 19.5 Å². The zero-order chi connectivity index (χ0) is 19.0. The molecular formula is C20H34N2O5. The SMILES string of the molecule is NCCc1ccc(N2CCOCCOCCOCCOCCOCC2)cc1. The van der Waals surface area contributed by atoms with Crippen LogP contribution in [0.25, 0.3) is 0 Å². The van der Waals surface area contributed by atoms with Crippen molar-refractivity contribution in [3.63, 3.8) is 0 Å². The van der Waals surface area contributed by atoms with Gasteiger partial charge in [0.05, 0.1) is 66.1 Å². The minimum absolute atomic E-state index is 0.577. The van der Waals surface area contributed by atoms with Gasteiger partial charge in [-0.05, 0) is 30.7 Å². The second-order valence-electron chi connectivity index (χ2n) is 6.25. The third kappa shape index (κ3) is 10.0. The maximum Gasteiger partial charge on any atom is 0.0701 e. The molecule has 0 atom stereocenters. The molecule has 0 unspecified atom stereocenters. The van der Waals surface area contributed by atoms with E-state index in [1.54, 1.807) is 0 Å². The highest BCUT2D eigenvalue weighted by molar-refractivity contribution is 5.47. The van der Waals surface area contributed by atoms with Crippen molar-refractivity contribution in [2.24, 2.45) is 5.73 Å². The predicted octanol–water partition coefficient (Wildman–Crippen LogP) is 1.09. The molecule has 1 saturated heterocycles. The molecule has 1 fully saturated rings. The van der Waals surface area contributed by atoms with Crippen molar-refractivity contribution in [1.82, 2.24) is 0 Å². The summed E-state index contributed by atoms with van der Waals surface area (Å²) in [6.45, 7) is 8.21. The van der Waals surface area contributed by atoms with Crippen LogP contribution in [0.3, 0.4) is 0 Å². The lowest BCUT2D eigenvalue weighted by Crippen LogP contribution is -2.31. The van der Waals surface area contributed by atoms with E-state index in [-0.39, 0.29) is 0 Å². The van der Waals surface area contributed by atoms with Crippen LogP contribution in [-0.2, 0) is 30.1 Å². The van der Waals surface area contributed by atoms with Gasteiger partial charge in [0.1, 0.15) is 0 Å². The summed E-state index contributed by atoms with van der Waals surface area (Å²) >= 11 is 0. The van der Waals surface area contributed by atoms with Crippen molar-refractivity contribution in [3.05, 3.63) is 29.8 Å². The Hall–Kier alpha value is -1.22. The Bertz CT molecular complexity index is 454. The van der Waals surface area contributed by atoms with E-state index in [9.17, 15) is 0 Å². The third-order valence-electron chi connectivity index (χ3n) is 4.23. The highest BCUT2D eigenvalue weighted by atomic mass is 16.6. The first kappa shape index (κ1) is 22.1. The number of ether oxygens (including phenoxy) is 5. The second-order valence-corrected chi connectivity index (χ2v) is 6.25. The number of hydrogen-bond donors (Lipinski definition) is 1. The van der Waals surface area contributed by atoms with Crippen LogP contribution < -0.4 is 10.6 Å². The van der Waals surface area contributed by atoms with Gasteiger partial charge < -0.3 is 34.3 Å². The zero-order valence-corrected chi connectivity index (χ0v) is 16.3. The highest BCUT2D eigenvalue weighted by Gasteiger charge is 2.07. The van der Waals surface area contributed by atoms with Crippen LogP contribution in [0.5, 0.6) is 0 Å². The number of benzene rings is 1. The lowest BCUT2D eigenvalue weighted by atomic mass is 10.1. The van der Waals surface area contributed by atoms with Crippen molar-refractivity contribution >= 4 is 5.69 Å². The van der Waals surface area contributed by atoms with Crippen molar-refractivity contribution in [2.75, 3.05) is 90.6 Å². The molecule has 0 aromatic heterocycles. The van der Waals surface area contributed by atoms with Gasteiger partial charge in [0.25, 0.3) is 0 Å². The summed E-state index contributed by atoms with van der Waals surface area (Å²) in [6, 6.07) is 8.56. The Labute approximate surface area is 162 Å². The Morgan fingerprint density at radius 2 is 1.04 bits per heavy atom. The highest BCUT2D eigenvalue weighted by Crippen LogP contribution is 2.15. The fourth-order valence-corrected chi connectivity index (χ4v) is 2.74. The Morgan fingerprint density at radius 3 is 1.44 bits per heavy atom. The summed E-state index contributed by atoms with van der Waals surface area (Å²) in [4.78, 5) is 2.28. The molecule has 7 heteroatoms. The van der Waals surface area contributed by atoms with Crippen LogP contribution in [0.1, 0.15) is 5.56 Å². The standard InChI is InChI=1S/C20H34N2O5/c21-6-5-19-1-3-20(4-2-19)22-7-9-23-11-13-25-15-17-27-18-16-26-14-12-24-10-8-22/h1-4H,5-18,21H2. The molecule has 27 heavy (non-hydrogen) atoms. The van der Waals surface area contributed by atoms with E-state index in [1.165, 1.54) is 11.3 Å². The number of nitrogens with two attached hydrogens (primary N) is 1. The van der Waals surface area contributed by atoms with E-state index < -0.39 is 0 Å². The van der Waals surface area contributed by atoms with Crippen LogP contribution in [-0.4, -0.2) is 85.7 Å². The number of hydrogen-bond acceptors (Lipinski definition) is 7. The molecule has 1 aromatic carbocycles. The summed E-state index contributed by atoms with van der Waals surface area (Å²) in [5.74, 6) is 0. The molecule has 1 aromatic rings. The molecule has 154 valence electrons. The van der Waals surface area contributed by atoms with Crippen LogP contribution in [0, 0.1) is 0 Å². The fourth-order valence-electron chi connectivity index (χ4n) is 2.74. The molecule has 0 saturated carbocycles. The maximum atomic E-state index is 5.71. The first-order valence-electron chi connectivity index (χ1n) is 9.83. The van der Waals surface area contributed by atoms with Gasteiger partial charge in [0.2, 0.25) is 0 Å². The van der Waals surface area contributed by atoms with Gasteiger partial charge in [-0.25, -0.2) is 0 Å². The first-order chi connectivity index (χ1) is 13.4. The van der Waals surface area contributed by atoms with Crippen LogP contribution in [0.15, 0.2) is 24.3 Å². The summed E-state index contributed by atoms with van der Waals surface area (Å²) in [5.41, 5.74) is 8.06. The van der Waals surface area contributed by atoms with Crippen LogP contribution >= 0.6 is 0 Å². The normalized spacial score (nSPS) is 20.0. The molecule has 0 amide bonds. The molecule has 1 aliphatic heterocycles. The largest absolute Gasteiger partial charge is 0.377 e. The van der Waals surface area contributed by atoms with Crippen molar-refractivity contribution in [1.29, 1.82) is 0 Å². The summed E-state index contributed by atoms with van der Waals surface area (Å²) in [5, 5.41) is 0. The topological polar surface area (TPSA) is 75.4 Å². The molecule has 0 spiro atoms. The van der Waals surface area contributed by atoms with E-state index in [2.05, 4.69) is 29.2 Å². The number of nitrogens with zero attached hydrogens (tertiary/aromatic N) is 1. The summed E-state index contributed by atoms with van der Waals surface area (Å²) < 4.78 is 27.8. The van der Waals surface area contributed by atoms with Crippen molar-refractivity contribution < 1.29 is 23.7 Å². The molecule has 0 aliphatic carbocycles. The minimum Gasteiger partial charge on any atom is -0.377 e. The zero-order valence-electron chi connectivity index (χ0n) is 16.3.